The molecule has 1 unspecified atom stereocenters. The van der Waals surface area contributed by atoms with E-state index in [2.05, 4.69) is 9.97 Å². The number of fused-ring (bicyclic) bond motifs is 1. The van der Waals surface area contributed by atoms with Crippen molar-refractivity contribution in [3.05, 3.63) is 24.2 Å². The van der Waals surface area contributed by atoms with Crippen molar-refractivity contribution in [1.82, 2.24) is 14.5 Å². The summed E-state index contributed by atoms with van der Waals surface area (Å²) < 4.78 is 25.7. The maximum atomic E-state index is 11.9. The van der Waals surface area contributed by atoms with Gasteiger partial charge in [0.05, 0.1) is 17.5 Å². The zero-order valence-electron chi connectivity index (χ0n) is 11.0. The third-order valence-corrected chi connectivity index (χ3v) is 5.64. The molecule has 7 heteroatoms. The lowest BCUT2D eigenvalue weighted by atomic mass is 10.2. The van der Waals surface area contributed by atoms with E-state index in [1.807, 2.05) is 16.7 Å². The standard InChI is InChI=1S/C13H16ClN3O2S/c14-6-5-12-16-11-4-1-7-15-13(11)17(12)10-3-2-8-20(18,19)9-10/h1,4,7,10H,2-3,5-6,8-9H2. The molecule has 1 aliphatic heterocycles. The van der Waals surface area contributed by atoms with Crippen LogP contribution in [0.5, 0.6) is 0 Å². The molecule has 2 aromatic heterocycles. The van der Waals surface area contributed by atoms with E-state index in [0.717, 1.165) is 23.4 Å². The first-order chi connectivity index (χ1) is 9.61. The summed E-state index contributed by atoms with van der Waals surface area (Å²) in [5.41, 5.74) is 1.56. The highest BCUT2D eigenvalue weighted by Gasteiger charge is 2.29. The minimum absolute atomic E-state index is 0.0770. The second-order valence-electron chi connectivity index (χ2n) is 5.09. The van der Waals surface area contributed by atoms with Crippen molar-refractivity contribution >= 4 is 32.6 Å². The van der Waals surface area contributed by atoms with Crippen LogP contribution in [0.4, 0.5) is 0 Å². The van der Waals surface area contributed by atoms with Gasteiger partial charge in [-0.05, 0) is 25.0 Å². The Balaban J connectivity index is 2.10. The molecular formula is C13H16ClN3O2S. The Bertz CT molecular complexity index is 726. The van der Waals surface area contributed by atoms with Gasteiger partial charge in [-0.15, -0.1) is 11.6 Å². The van der Waals surface area contributed by atoms with Crippen molar-refractivity contribution in [3.63, 3.8) is 0 Å². The number of rotatable bonds is 3. The molecule has 1 saturated heterocycles. The average molecular weight is 314 g/mol. The molecule has 108 valence electrons. The van der Waals surface area contributed by atoms with Crippen LogP contribution in [-0.4, -0.2) is 40.3 Å². The fraction of sp³-hybridized carbons (Fsp3) is 0.538. The fourth-order valence-electron chi connectivity index (χ4n) is 2.82. The third kappa shape index (κ3) is 2.54. The molecule has 0 aromatic carbocycles. The zero-order valence-corrected chi connectivity index (χ0v) is 12.6. The van der Waals surface area contributed by atoms with Crippen LogP contribution in [0.3, 0.4) is 0 Å². The average Bonchev–Trinajstić information content (AvgIpc) is 2.76. The normalized spacial score (nSPS) is 22.1. The number of pyridine rings is 1. The fourth-order valence-corrected chi connectivity index (χ4v) is 4.67. The Labute approximate surface area is 122 Å². The van der Waals surface area contributed by atoms with E-state index in [-0.39, 0.29) is 17.5 Å². The third-order valence-electron chi connectivity index (χ3n) is 3.64. The van der Waals surface area contributed by atoms with Crippen molar-refractivity contribution in [2.75, 3.05) is 17.4 Å². The summed E-state index contributed by atoms with van der Waals surface area (Å²) in [6.07, 6.45) is 3.87. The lowest BCUT2D eigenvalue weighted by Gasteiger charge is -2.25. The van der Waals surface area contributed by atoms with Gasteiger partial charge >= 0.3 is 0 Å². The molecule has 0 spiro atoms. The van der Waals surface area contributed by atoms with Gasteiger partial charge in [-0.25, -0.2) is 18.4 Å². The summed E-state index contributed by atoms with van der Waals surface area (Å²) in [5.74, 6) is 1.75. The second kappa shape index (κ2) is 5.33. The number of sulfone groups is 1. The molecule has 0 N–H and O–H groups in total. The molecule has 2 aromatic rings. The number of hydrogen-bond acceptors (Lipinski definition) is 4. The molecular weight excluding hydrogens is 298 g/mol. The van der Waals surface area contributed by atoms with Crippen molar-refractivity contribution in [1.29, 1.82) is 0 Å². The Morgan fingerprint density at radius 1 is 1.45 bits per heavy atom. The lowest BCUT2D eigenvalue weighted by molar-refractivity contribution is 0.466. The first kappa shape index (κ1) is 13.8. The summed E-state index contributed by atoms with van der Waals surface area (Å²) in [6, 6.07) is 3.65. The lowest BCUT2D eigenvalue weighted by Crippen LogP contribution is -2.28. The maximum Gasteiger partial charge on any atom is 0.160 e. The number of alkyl halides is 1. The van der Waals surface area contributed by atoms with Crippen LogP contribution in [-0.2, 0) is 16.3 Å². The number of hydrogen-bond donors (Lipinski definition) is 0. The van der Waals surface area contributed by atoms with E-state index in [4.69, 9.17) is 11.6 Å². The quantitative estimate of drug-likeness (QED) is 0.813. The van der Waals surface area contributed by atoms with Crippen LogP contribution in [0.15, 0.2) is 18.3 Å². The van der Waals surface area contributed by atoms with Gasteiger partial charge in [-0.3, -0.25) is 0 Å². The van der Waals surface area contributed by atoms with Crippen LogP contribution in [0.1, 0.15) is 24.7 Å². The van der Waals surface area contributed by atoms with Crippen LogP contribution < -0.4 is 0 Å². The number of aromatic nitrogens is 3. The number of nitrogens with zero attached hydrogens (tertiary/aromatic N) is 3. The minimum Gasteiger partial charge on any atom is -0.309 e. The van der Waals surface area contributed by atoms with Crippen LogP contribution >= 0.6 is 11.6 Å². The summed E-state index contributed by atoms with van der Waals surface area (Å²) in [7, 11) is -2.97. The molecule has 1 fully saturated rings. The number of aryl methyl sites for hydroxylation is 1. The highest BCUT2D eigenvalue weighted by Crippen LogP contribution is 2.28. The number of halogens is 1. The highest BCUT2D eigenvalue weighted by molar-refractivity contribution is 7.91. The molecule has 0 aliphatic carbocycles. The van der Waals surface area contributed by atoms with Gasteiger partial charge in [0.2, 0.25) is 0 Å². The van der Waals surface area contributed by atoms with Gasteiger partial charge in [0.1, 0.15) is 11.3 Å². The molecule has 1 aliphatic rings. The van der Waals surface area contributed by atoms with E-state index >= 15 is 0 Å². The Kier molecular flexibility index (Phi) is 3.69. The molecule has 0 radical (unpaired) electrons. The van der Waals surface area contributed by atoms with Gasteiger partial charge in [-0.2, -0.15) is 0 Å². The van der Waals surface area contributed by atoms with Crippen molar-refractivity contribution in [2.24, 2.45) is 0 Å². The molecule has 5 nitrogen and oxygen atoms in total. The first-order valence-corrected chi connectivity index (χ1v) is 9.04. The molecule has 0 bridgehead atoms. The summed E-state index contributed by atoms with van der Waals surface area (Å²) in [6.45, 7) is 0. The van der Waals surface area contributed by atoms with E-state index in [9.17, 15) is 8.42 Å². The van der Waals surface area contributed by atoms with Crippen LogP contribution in [0, 0.1) is 0 Å². The topological polar surface area (TPSA) is 64.8 Å². The molecule has 20 heavy (non-hydrogen) atoms. The van der Waals surface area contributed by atoms with E-state index < -0.39 is 9.84 Å². The molecule has 3 heterocycles. The molecule has 0 saturated carbocycles. The van der Waals surface area contributed by atoms with Gasteiger partial charge < -0.3 is 4.57 Å². The van der Waals surface area contributed by atoms with E-state index in [0.29, 0.717) is 18.7 Å². The largest absolute Gasteiger partial charge is 0.309 e. The van der Waals surface area contributed by atoms with Crippen LogP contribution in [0.2, 0.25) is 0 Å². The van der Waals surface area contributed by atoms with Crippen molar-refractivity contribution in [3.8, 4) is 0 Å². The SMILES string of the molecule is O=S1(=O)CCCC(n2c(CCCl)nc3cccnc32)C1. The second-order valence-corrected chi connectivity index (χ2v) is 7.70. The van der Waals surface area contributed by atoms with Gasteiger partial charge in [0.25, 0.3) is 0 Å². The van der Waals surface area contributed by atoms with Crippen molar-refractivity contribution in [2.45, 2.75) is 25.3 Å². The van der Waals surface area contributed by atoms with Gasteiger partial charge in [-0.1, -0.05) is 0 Å². The predicted molar refractivity (Wildman–Crippen MR) is 78.9 cm³/mol. The van der Waals surface area contributed by atoms with E-state index in [1.54, 1.807) is 6.20 Å². The molecule has 0 amide bonds. The van der Waals surface area contributed by atoms with Gasteiger partial charge in [0.15, 0.2) is 15.5 Å². The Hall–Kier alpha value is -1.14. The summed E-state index contributed by atoms with van der Waals surface area (Å²) in [4.78, 5) is 8.92. The predicted octanol–water partition coefficient (Wildman–Crippen LogP) is 1.96. The number of imidazole rings is 1. The summed E-state index contributed by atoms with van der Waals surface area (Å²) >= 11 is 5.84. The Morgan fingerprint density at radius 2 is 2.30 bits per heavy atom. The Morgan fingerprint density at radius 3 is 3.05 bits per heavy atom. The molecule has 1 atom stereocenters. The monoisotopic (exact) mass is 313 g/mol. The molecule has 3 rings (SSSR count). The minimum atomic E-state index is -2.97. The van der Waals surface area contributed by atoms with Gasteiger partial charge in [0, 0.05) is 18.5 Å². The first-order valence-electron chi connectivity index (χ1n) is 6.69. The van der Waals surface area contributed by atoms with Crippen molar-refractivity contribution < 1.29 is 8.42 Å². The highest BCUT2D eigenvalue weighted by atomic mass is 35.5. The smallest absolute Gasteiger partial charge is 0.160 e. The maximum absolute atomic E-state index is 11.9. The zero-order chi connectivity index (χ0) is 14.2. The summed E-state index contributed by atoms with van der Waals surface area (Å²) in [5, 5.41) is 0. The van der Waals surface area contributed by atoms with E-state index in [1.165, 1.54) is 0 Å². The van der Waals surface area contributed by atoms with Crippen LogP contribution in [0.25, 0.3) is 11.2 Å².